The Labute approximate surface area is 180 Å². The quantitative estimate of drug-likeness (QED) is 0.646. The fourth-order valence-corrected chi connectivity index (χ4v) is 4.31. The summed E-state index contributed by atoms with van der Waals surface area (Å²) in [5.74, 6) is -0.220. The second-order valence-corrected chi connectivity index (χ2v) is 8.52. The van der Waals surface area contributed by atoms with Crippen LogP contribution in [0.25, 0.3) is 0 Å². The second kappa shape index (κ2) is 10.1. The van der Waals surface area contributed by atoms with E-state index in [1.54, 1.807) is 13.3 Å². The third kappa shape index (κ3) is 5.87. The zero-order valence-electron chi connectivity index (χ0n) is 17.7. The number of pyridine rings is 1. The first kappa shape index (κ1) is 22.4. The van der Waals surface area contributed by atoms with Crippen molar-refractivity contribution in [3.8, 4) is 5.88 Å². The molecule has 1 amide bonds. The number of aromatic nitrogens is 2. The molecule has 0 aromatic carbocycles. The summed E-state index contributed by atoms with van der Waals surface area (Å²) in [6, 6.07) is 4.09. The summed E-state index contributed by atoms with van der Waals surface area (Å²) in [5.41, 5.74) is 1.01. The molecule has 3 rings (SSSR count). The van der Waals surface area contributed by atoms with E-state index in [-0.39, 0.29) is 23.2 Å². The van der Waals surface area contributed by atoms with Crippen LogP contribution in [0, 0.1) is 5.95 Å². The van der Waals surface area contributed by atoms with Crippen molar-refractivity contribution in [3.63, 3.8) is 0 Å². The van der Waals surface area contributed by atoms with E-state index in [1.807, 2.05) is 19.2 Å². The first-order valence-electron chi connectivity index (χ1n) is 9.85. The molecule has 0 unspecified atom stereocenters. The zero-order chi connectivity index (χ0) is 21.7. The lowest BCUT2D eigenvalue weighted by Crippen LogP contribution is -2.28. The third-order valence-electron chi connectivity index (χ3n) is 5.02. The van der Waals surface area contributed by atoms with E-state index in [4.69, 9.17) is 9.47 Å². The van der Waals surface area contributed by atoms with Gasteiger partial charge >= 0.3 is 0 Å². The Morgan fingerprint density at radius 1 is 1.50 bits per heavy atom. The largest absolute Gasteiger partial charge is 0.473 e. The molecule has 0 aliphatic carbocycles. The maximum atomic E-state index is 14.2. The van der Waals surface area contributed by atoms with Crippen LogP contribution < -0.4 is 15.0 Å². The van der Waals surface area contributed by atoms with Gasteiger partial charge in [0.05, 0.1) is 11.5 Å². The molecular weight excluding hydrogens is 409 g/mol. The topological polar surface area (TPSA) is 79.8 Å². The lowest BCUT2D eigenvalue weighted by Gasteiger charge is -2.20. The number of anilines is 2. The number of halogens is 1. The van der Waals surface area contributed by atoms with Crippen LogP contribution >= 0.6 is 11.3 Å². The minimum atomic E-state index is -0.534. The molecule has 8 nitrogen and oxygen atoms in total. The number of likely N-dealkylation sites (N-methyl/N-ethyl adjacent to an activating group) is 1. The van der Waals surface area contributed by atoms with Gasteiger partial charge in [0.1, 0.15) is 6.10 Å². The number of carbonyl (C=O) groups excluding carboxylic acids is 1. The molecule has 1 aliphatic rings. The number of likely N-dealkylation sites (tertiary alicyclic amines) is 1. The van der Waals surface area contributed by atoms with E-state index in [2.05, 4.69) is 32.0 Å². The lowest BCUT2D eigenvalue weighted by atomic mass is 10.2. The molecule has 1 saturated heterocycles. The monoisotopic (exact) mass is 437 g/mol. The fourth-order valence-electron chi connectivity index (χ4n) is 3.40. The Hall–Kier alpha value is -2.30. The van der Waals surface area contributed by atoms with Crippen LogP contribution in [-0.2, 0) is 16.1 Å². The standard InChI is InChI=1S/C20H28FN5O3S/c1-13-9-16(29-18-10-15(5-6-22-18)25(3)7-8-28-4)11-26(13)12-17-19(21)24-20(30-17)23-14(2)27/h5-6,10,13,16H,7-9,11-12H2,1-4H3,(H,23,24,27)/t13-,16+/m0/s1. The molecule has 0 radical (unpaired) electrons. The molecule has 1 aliphatic heterocycles. The predicted molar refractivity (Wildman–Crippen MR) is 115 cm³/mol. The minimum Gasteiger partial charge on any atom is -0.473 e. The lowest BCUT2D eigenvalue weighted by molar-refractivity contribution is -0.114. The van der Waals surface area contributed by atoms with Crippen LogP contribution in [0.5, 0.6) is 5.88 Å². The molecule has 2 aromatic heterocycles. The number of nitrogens with one attached hydrogen (secondary N) is 1. The van der Waals surface area contributed by atoms with Crippen LogP contribution in [-0.4, -0.2) is 66.8 Å². The zero-order valence-corrected chi connectivity index (χ0v) is 18.5. The molecule has 0 saturated carbocycles. The summed E-state index contributed by atoms with van der Waals surface area (Å²) >= 11 is 1.16. The van der Waals surface area contributed by atoms with Gasteiger partial charge in [-0.3, -0.25) is 9.69 Å². The summed E-state index contributed by atoms with van der Waals surface area (Å²) in [5, 5.41) is 2.82. The highest BCUT2D eigenvalue weighted by Gasteiger charge is 2.32. The van der Waals surface area contributed by atoms with Gasteiger partial charge in [0.25, 0.3) is 0 Å². The summed E-state index contributed by atoms with van der Waals surface area (Å²) in [6.07, 6.45) is 2.53. The van der Waals surface area contributed by atoms with E-state index in [1.165, 1.54) is 6.92 Å². The first-order valence-corrected chi connectivity index (χ1v) is 10.7. The number of rotatable bonds is 9. The van der Waals surface area contributed by atoms with Crippen molar-refractivity contribution in [1.29, 1.82) is 0 Å². The maximum Gasteiger partial charge on any atom is 0.230 e. The molecule has 3 heterocycles. The van der Waals surface area contributed by atoms with E-state index in [0.29, 0.717) is 30.5 Å². The first-order chi connectivity index (χ1) is 14.4. The van der Waals surface area contributed by atoms with Gasteiger partial charge in [-0.15, -0.1) is 0 Å². The number of hydrogen-bond acceptors (Lipinski definition) is 8. The van der Waals surface area contributed by atoms with Crippen molar-refractivity contribution < 1.29 is 18.7 Å². The van der Waals surface area contributed by atoms with Crippen LogP contribution in [0.15, 0.2) is 18.3 Å². The van der Waals surface area contributed by atoms with Crippen molar-refractivity contribution in [2.24, 2.45) is 0 Å². The molecule has 10 heteroatoms. The van der Waals surface area contributed by atoms with E-state index >= 15 is 0 Å². The number of carbonyl (C=O) groups is 1. The molecule has 0 bridgehead atoms. The van der Waals surface area contributed by atoms with Crippen LogP contribution in [0.3, 0.4) is 0 Å². The third-order valence-corrected chi connectivity index (χ3v) is 5.95. The molecule has 2 aromatic rings. The fraction of sp³-hybridized carbons (Fsp3) is 0.550. The minimum absolute atomic E-state index is 0.0298. The van der Waals surface area contributed by atoms with E-state index in [0.717, 1.165) is 30.0 Å². The number of methoxy groups -OCH3 is 1. The van der Waals surface area contributed by atoms with Crippen LogP contribution in [0.2, 0.25) is 0 Å². The molecule has 164 valence electrons. The number of thiazole rings is 1. The molecular formula is C20H28FN5O3S. The molecule has 30 heavy (non-hydrogen) atoms. The van der Waals surface area contributed by atoms with Gasteiger partial charge in [0.15, 0.2) is 5.13 Å². The summed E-state index contributed by atoms with van der Waals surface area (Å²) in [6.45, 7) is 5.98. The van der Waals surface area contributed by atoms with Gasteiger partial charge in [0.2, 0.25) is 17.7 Å². The van der Waals surface area contributed by atoms with Gasteiger partial charge in [-0.1, -0.05) is 11.3 Å². The van der Waals surface area contributed by atoms with Crippen molar-refractivity contribution >= 4 is 28.1 Å². The van der Waals surface area contributed by atoms with Crippen molar-refractivity contribution in [3.05, 3.63) is 29.2 Å². The normalized spacial score (nSPS) is 19.1. The van der Waals surface area contributed by atoms with Crippen LogP contribution in [0.1, 0.15) is 25.1 Å². The number of amides is 1. The van der Waals surface area contributed by atoms with Crippen LogP contribution in [0.4, 0.5) is 15.2 Å². The number of ether oxygens (including phenoxy) is 2. The van der Waals surface area contributed by atoms with Gasteiger partial charge in [0, 0.05) is 71.1 Å². The smallest absolute Gasteiger partial charge is 0.230 e. The molecule has 0 spiro atoms. The van der Waals surface area contributed by atoms with E-state index in [9.17, 15) is 9.18 Å². The summed E-state index contributed by atoms with van der Waals surface area (Å²) in [7, 11) is 3.68. The number of hydrogen-bond donors (Lipinski definition) is 1. The average Bonchev–Trinajstić information content (AvgIpc) is 3.21. The SMILES string of the molecule is COCCN(C)c1ccnc(O[C@@H]2C[C@H](C)N(Cc3sc(NC(C)=O)nc3F)C2)c1. The average molecular weight is 438 g/mol. The van der Waals surface area contributed by atoms with Crippen molar-refractivity contribution in [2.45, 2.75) is 39.0 Å². The Bertz CT molecular complexity index is 865. The Kier molecular flexibility index (Phi) is 7.57. The maximum absolute atomic E-state index is 14.2. The second-order valence-electron chi connectivity index (χ2n) is 7.43. The van der Waals surface area contributed by atoms with Crippen molar-refractivity contribution in [2.75, 3.05) is 44.1 Å². The molecule has 2 atom stereocenters. The Balaban J connectivity index is 1.59. The van der Waals surface area contributed by atoms with E-state index < -0.39 is 5.95 Å². The number of nitrogens with zero attached hydrogens (tertiary/aromatic N) is 4. The Morgan fingerprint density at radius 2 is 2.30 bits per heavy atom. The highest BCUT2D eigenvalue weighted by Crippen LogP contribution is 2.29. The molecule has 1 fully saturated rings. The molecule has 1 N–H and O–H groups in total. The highest BCUT2D eigenvalue weighted by molar-refractivity contribution is 7.15. The van der Waals surface area contributed by atoms with Gasteiger partial charge in [-0.05, 0) is 13.0 Å². The van der Waals surface area contributed by atoms with Gasteiger partial charge in [-0.2, -0.15) is 9.37 Å². The van der Waals surface area contributed by atoms with Gasteiger partial charge < -0.3 is 19.7 Å². The Morgan fingerprint density at radius 3 is 3.03 bits per heavy atom. The predicted octanol–water partition coefficient (Wildman–Crippen LogP) is 2.76. The summed E-state index contributed by atoms with van der Waals surface area (Å²) in [4.78, 5) is 24.0. The van der Waals surface area contributed by atoms with Gasteiger partial charge in [-0.25, -0.2) is 4.98 Å². The van der Waals surface area contributed by atoms with Crippen molar-refractivity contribution in [1.82, 2.24) is 14.9 Å². The summed E-state index contributed by atoms with van der Waals surface area (Å²) < 4.78 is 25.4. The highest BCUT2D eigenvalue weighted by atomic mass is 32.1.